The van der Waals surface area contributed by atoms with Gasteiger partial charge in [-0.05, 0) is 25.0 Å². The van der Waals surface area contributed by atoms with Crippen LogP contribution in [0.3, 0.4) is 0 Å². The Labute approximate surface area is 186 Å². The molecule has 30 heavy (non-hydrogen) atoms. The van der Waals surface area contributed by atoms with Crippen molar-refractivity contribution in [1.29, 1.82) is 0 Å². The number of carbonyl (C=O) groups excluding carboxylic acids is 2. The van der Waals surface area contributed by atoms with E-state index in [0.717, 1.165) is 12.0 Å². The fraction of sp³-hybridized carbons (Fsp3) is 0.476. The fourth-order valence-electron chi connectivity index (χ4n) is 3.48. The van der Waals surface area contributed by atoms with E-state index < -0.39 is 0 Å². The van der Waals surface area contributed by atoms with Crippen LogP contribution < -0.4 is 5.32 Å². The number of nitrogens with zero attached hydrogens (tertiary/aromatic N) is 4. The predicted octanol–water partition coefficient (Wildman–Crippen LogP) is 2.83. The molecule has 0 atom stereocenters. The second-order valence-electron chi connectivity index (χ2n) is 7.42. The highest BCUT2D eigenvalue weighted by Gasteiger charge is 2.28. The van der Waals surface area contributed by atoms with E-state index in [-0.39, 0.29) is 11.8 Å². The second-order valence-corrected chi connectivity index (χ2v) is 8.18. The minimum atomic E-state index is -0.127. The lowest BCUT2D eigenvalue weighted by Gasteiger charge is -2.34. The van der Waals surface area contributed by atoms with Gasteiger partial charge in [-0.25, -0.2) is 4.68 Å². The Hall–Kier alpha value is -2.09. The highest BCUT2D eigenvalue weighted by Crippen LogP contribution is 2.25. The molecule has 1 aliphatic heterocycles. The van der Waals surface area contributed by atoms with Crippen molar-refractivity contribution in [3.8, 4) is 0 Å². The number of benzene rings is 1. The number of carbonyl (C=O) groups is 2. The van der Waals surface area contributed by atoms with Crippen molar-refractivity contribution in [3.05, 3.63) is 51.3 Å². The molecule has 2 heterocycles. The third-order valence-corrected chi connectivity index (χ3v) is 5.91. The van der Waals surface area contributed by atoms with E-state index in [0.29, 0.717) is 67.2 Å². The quantitative estimate of drug-likeness (QED) is 0.702. The van der Waals surface area contributed by atoms with Crippen LogP contribution in [0.4, 0.5) is 0 Å². The predicted molar refractivity (Wildman–Crippen MR) is 118 cm³/mol. The van der Waals surface area contributed by atoms with E-state index in [9.17, 15) is 9.59 Å². The van der Waals surface area contributed by atoms with E-state index in [1.807, 2.05) is 31.2 Å². The molecule has 162 valence electrons. The molecule has 0 aliphatic carbocycles. The molecule has 0 unspecified atom stereocenters. The smallest absolute Gasteiger partial charge is 0.258 e. The van der Waals surface area contributed by atoms with Crippen molar-refractivity contribution >= 4 is 35.0 Å². The van der Waals surface area contributed by atoms with Gasteiger partial charge in [0.05, 0.1) is 24.3 Å². The molecular weight excluding hydrogens is 425 g/mol. The van der Waals surface area contributed by atoms with Gasteiger partial charge >= 0.3 is 0 Å². The third-order valence-electron chi connectivity index (χ3n) is 5.16. The normalized spacial score (nSPS) is 14.7. The number of amides is 2. The number of aromatic nitrogens is 2. The Kier molecular flexibility index (Phi) is 7.75. The Morgan fingerprint density at radius 3 is 2.50 bits per heavy atom. The Morgan fingerprint density at radius 2 is 1.83 bits per heavy atom. The summed E-state index contributed by atoms with van der Waals surface area (Å²) in [6, 6.07) is 7.49. The summed E-state index contributed by atoms with van der Waals surface area (Å²) in [7, 11) is 0. The maximum absolute atomic E-state index is 13.1. The zero-order valence-corrected chi connectivity index (χ0v) is 18.8. The number of aryl methyl sites for hydroxylation is 1. The van der Waals surface area contributed by atoms with Gasteiger partial charge < -0.3 is 10.2 Å². The average Bonchev–Trinajstić information content (AvgIpc) is 3.01. The van der Waals surface area contributed by atoms with Crippen molar-refractivity contribution in [2.24, 2.45) is 0 Å². The molecule has 3 rings (SSSR count). The van der Waals surface area contributed by atoms with Crippen LogP contribution in [0.15, 0.2) is 24.3 Å². The first-order chi connectivity index (χ1) is 14.4. The van der Waals surface area contributed by atoms with E-state index >= 15 is 0 Å². The number of hydrogen-bond donors (Lipinski definition) is 1. The molecule has 1 aliphatic rings. The number of piperazine rings is 1. The summed E-state index contributed by atoms with van der Waals surface area (Å²) in [5.74, 6) is -0.102. The molecule has 1 saturated heterocycles. The molecule has 1 N–H and O–H groups in total. The molecule has 0 spiro atoms. The number of hydrogen-bond acceptors (Lipinski definition) is 4. The molecule has 1 fully saturated rings. The molecule has 0 radical (unpaired) electrons. The highest BCUT2D eigenvalue weighted by atomic mass is 35.5. The number of nitrogens with one attached hydrogen (secondary N) is 1. The van der Waals surface area contributed by atoms with E-state index in [4.69, 9.17) is 23.2 Å². The minimum absolute atomic E-state index is 0.0244. The first-order valence-electron chi connectivity index (χ1n) is 10.1. The third kappa shape index (κ3) is 5.33. The molecule has 9 heteroatoms. The molecule has 2 amide bonds. The van der Waals surface area contributed by atoms with Crippen molar-refractivity contribution in [2.45, 2.75) is 26.8 Å². The Morgan fingerprint density at radius 1 is 1.13 bits per heavy atom. The molecule has 2 aromatic rings. The number of halogens is 2. The van der Waals surface area contributed by atoms with Crippen LogP contribution in [0.5, 0.6) is 0 Å². The summed E-state index contributed by atoms with van der Waals surface area (Å²) in [6.07, 6.45) is 0.915. The monoisotopic (exact) mass is 451 g/mol. The van der Waals surface area contributed by atoms with Gasteiger partial charge in [-0.2, -0.15) is 5.10 Å². The van der Waals surface area contributed by atoms with Gasteiger partial charge in [0, 0.05) is 37.7 Å². The second kappa shape index (κ2) is 10.3. The Balaban J connectivity index is 1.63. The van der Waals surface area contributed by atoms with Crippen molar-refractivity contribution in [1.82, 2.24) is 24.9 Å². The van der Waals surface area contributed by atoms with Crippen LogP contribution in [-0.4, -0.2) is 70.7 Å². The Bertz CT molecular complexity index is 907. The van der Waals surface area contributed by atoms with Crippen LogP contribution in [0.1, 0.15) is 35.0 Å². The average molecular weight is 452 g/mol. The zero-order valence-electron chi connectivity index (χ0n) is 17.3. The standard InChI is InChI=1S/C21H27Cl2N5O2/c1-3-8-24-18(29)14-26-9-11-27(12-10-26)21(30)19-15(2)25-28(20(19)23)13-16-6-4-5-7-17(16)22/h4-7H,3,8-14H2,1-2H3,(H,24,29). The van der Waals surface area contributed by atoms with Gasteiger partial charge in [0.2, 0.25) is 5.91 Å². The minimum Gasteiger partial charge on any atom is -0.355 e. The fourth-order valence-corrected chi connectivity index (χ4v) is 3.99. The summed E-state index contributed by atoms with van der Waals surface area (Å²) in [5, 5.41) is 8.29. The maximum Gasteiger partial charge on any atom is 0.258 e. The molecule has 1 aromatic heterocycles. The molecule has 0 saturated carbocycles. The van der Waals surface area contributed by atoms with Gasteiger partial charge in [-0.15, -0.1) is 0 Å². The lowest BCUT2D eigenvalue weighted by atomic mass is 10.2. The molecule has 7 nitrogen and oxygen atoms in total. The van der Waals surface area contributed by atoms with Crippen molar-refractivity contribution in [2.75, 3.05) is 39.3 Å². The SMILES string of the molecule is CCCNC(=O)CN1CCN(C(=O)c2c(C)nn(Cc3ccccc3Cl)c2Cl)CC1. The summed E-state index contributed by atoms with van der Waals surface area (Å²) >= 11 is 12.8. The van der Waals surface area contributed by atoms with Crippen LogP contribution >= 0.6 is 23.2 Å². The van der Waals surface area contributed by atoms with Crippen LogP contribution in [-0.2, 0) is 11.3 Å². The van der Waals surface area contributed by atoms with Gasteiger partial charge in [0.25, 0.3) is 5.91 Å². The largest absolute Gasteiger partial charge is 0.355 e. The van der Waals surface area contributed by atoms with Gasteiger partial charge in [0.1, 0.15) is 5.15 Å². The highest BCUT2D eigenvalue weighted by molar-refractivity contribution is 6.33. The van der Waals surface area contributed by atoms with Gasteiger partial charge in [-0.1, -0.05) is 48.3 Å². The molecule has 0 bridgehead atoms. The summed E-state index contributed by atoms with van der Waals surface area (Å²) < 4.78 is 1.61. The van der Waals surface area contributed by atoms with E-state index in [1.54, 1.807) is 16.5 Å². The topological polar surface area (TPSA) is 70.5 Å². The maximum atomic E-state index is 13.1. The van der Waals surface area contributed by atoms with Crippen LogP contribution in [0.2, 0.25) is 10.2 Å². The van der Waals surface area contributed by atoms with Crippen molar-refractivity contribution < 1.29 is 9.59 Å². The van der Waals surface area contributed by atoms with Crippen LogP contribution in [0.25, 0.3) is 0 Å². The zero-order chi connectivity index (χ0) is 21.7. The first kappa shape index (κ1) is 22.6. The summed E-state index contributed by atoms with van der Waals surface area (Å²) in [4.78, 5) is 28.8. The summed E-state index contributed by atoms with van der Waals surface area (Å²) in [6.45, 7) is 7.64. The van der Waals surface area contributed by atoms with E-state index in [1.165, 1.54) is 0 Å². The lowest BCUT2D eigenvalue weighted by molar-refractivity contribution is -0.122. The van der Waals surface area contributed by atoms with Crippen molar-refractivity contribution in [3.63, 3.8) is 0 Å². The first-order valence-corrected chi connectivity index (χ1v) is 10.9. The summed E-state index contributed by atoms with van der Waals surface area (Å²) in [5.41, 5.74) is 1.91. The number of rotatable bonds is 7. The van der Waals surface area contributed by atoms with E-state index in [2.05, 4.69) is 15.3 Å². The molecular formula is C21H27Cl2N5O2. The van der Waals surface area contributed by atoms with Crippen LogP contribution in [0, 0.1) is 6.92 Å². The lowest BCUT2D eigenvalue weighted by Crippen LogP contribution is -2.51. The van der Waals surface area contributed by atoms with Gasteiger partial charge in [-0.3, -0.25) is 14.5 Å². The van der Waals surface area contributed by atoms with Gasteiger partial charge in [0.15, 0.2) is 0 Å². The molecule has 1 aromatic carbocycles.